The van der Waals surface area contributed by atoms with E-state index >= 15 is 0 Å². The van der Waals surface area contributed by atoms with Crippen molar-refractivity contribution in [2.45, 2.75) is 12.2 Å². The predicted octanol–water partition coefficient (Wildman–Crippen LogP) is 11.2. The average molecular weight is 609 g/mol. The molecule has 0 radical (unpaired) electrons. The molecular formula is C41H28N4S. The molecule has 46 heavy (non-hydrogen) atoms. The van der Waals surface area contributed by atoms with Gasteiger partial charge in [-0.05, 0) is 52.1 Å². The van der Waals surface area contributed by atoms with Gasteiger partial charge in [0.1, 0.15) is 11.2 Å². The molecule has 218 valence electrons. The number of anilines is 2. The lowest BCUT2D eigenvalue weighted by atomic mass is 10.0. The van der Waals surface area contributed by atoms with Crippen molar-refractivity contribution in [1.29, 1.82) is 0 Å². The van der Waals surface area contributed by atoms with Crippen molar-refractivity contribution >= 4 is 75.5 Å². The molecule has 10 rings (SSSR count). The highest BCUT2D eigenvalue weighted by molar-refractivity contribution is 7.23. The fraction of sp³-hybridized carbons (Fsp3) is 0.0488. The van der Waals surface area contributed by atoms with Crippen molar-refractivity contribution in [3.05, 3.63) is 151 Å². The molecule has 0 spiro atoms. The van der Waals surface area contributed by atoms with Gasteiger partial charge in [0, 0.05) is 38.0 Å². The van der Waals surface area contributed by atoms with Gasteiger partial charge in [0.05, 0.1) is 28.5 Å². The van der Waals surface area contributed by atoms with E-state index in [1.807, 2.05) is 29.7 Å². The fourth-order valence-corrected chi connectivity index (χ4v) is 8.55. The summed E-state index contributed by atoms with van der Waals surface area (Å²) in [5.41, 5.74) is 6.99. The van der Waals surface area contributed by atoms with Gasteiger partial charge in [-0.25, -0.2) is 0 Å². The first-order valence-corrected chi connectivity index (χ1v) is 16.5. The molecule has 4 heterocycles. The van der Waals surface area contributed by atoms with Crippen LogP contribution in [0.4, 0.5) is 10.7 Å². The first-order valence-electron chi connectivity index (χ1n) is 15.7. The Balaban J connectivity index is 1.26. The largest absolute Gasteiger partial charge is 0.364 e. The minimum Gasteiger partial charge on any atom is -0.364 e. The van der Waals surface area contributed by atoms with Crippen LogP contribution < -0.4 is 10.6 Å². The van der Waals surface area contributed by atoms with E-state index in [9.17, 15) is 0 Å². The van der Waals surface area contributed by atoms with Crippen LogP contribution in [0.3, 0.4) is 0 Å². The summed E-state index contributed by atoms with van der Waals surface area (Å²) in [6, 6.07) is 50.4. The molecule has 6 aromatic carbocycles. The molecule has 2 atom stereocenters. The Morgan fingerprint density at radius 1 is 0.587 bits per heavy atom. The summed E-state index contributed by atoms with van der Waals surface area (Å²) in [4.78, 5) is 4.61. The standard InChI is InChI=1S/C41H28N4S/c1-2-11-26(12-3-1)37-40(43-38-32-20-18-29(34-16-8-9-21-42-34)24-36(32)46-41(38)44-37)45-35-23-28-14-5-4-13-27(28)22-33(35)31-19-17-25-10-6-7-15-30(25)39(31)45/h1-24,37,40,43-44H. The predicted molar refractivity (Wildman–Crippen MR) is 195 cm³/mol. The van der Waals surface area contributed by atoms with Crippen LogP contribution in [0.15, 0.2) is 146 Å². The van der Waals surface area contributed by atoms with Crippen molar-refractivity contribution in [3.8, 4) is 11.3 Å². The minimum absolute atomic E-state index is 0.0127. The summed E-state index contributed by atoms with van der Waals surface area (Å²) in [6.07, 6.45) is 1.76. The van der Waals surface area contributed by atoms with E-state index in [4.69, 9.17) is 0 Å². The monoisotopic (exact) mass is 608 g/mol. The molecule has 4 nitrogen and oxygen atoms in total. The smallest absolute Gasteiger partial charge is 0.129 e. The van der Waals surface area contributed by atoms with E-state index in [2.05, 4.69) is 148 Å². The van der Waals surface area contributed by atoms with Gasteiger partial charge in [-0.3, -0.25) is 4.98 Å². The van der Waals surface area contributed by atoms with Crippen molar-refractivity contribution in [2.75, 3.05) is 10.6 Å². The third-order valence-electron chi connectivity index (χ3n) is 9.54. The number of thiophene rings is 1. The van der Waals surface area contributed by atoms with Gasteiger partial charge in [-0.2, -0.15) is 0 Å². The molecular weight excluding hydrogens is 581 g/mol. The lowest BCUT2D eigenvalue weighted by Gasteiger charge is -2.37. The highest BCUT2D eigenvalue weighted by atomic mass is 32.1. The summed E-state index contributed by atoms with van der Waals surface area (Å²) in [6.45, 7) is 0. The molecule has 5 heteroatoms. The van der Waals surface area contributed by atoms with E-state index in [1.54, 1.807) is 0 Å². The molecule has 3 aromatic heterocycles. The third kappa shape index (κ3) is 3.82. The van der Waals surface area contributed by atoms with E-state index in [1.165, 1.54) is 59.0 Å². The lowest BCUT2D eigenvalue weighted by molar-refractivity contribution is 0.509. The zero-order valence-corrected chi connectivity index (χ0v) is 25.6. The molecule has 0 saturated carbocycles. The Kier molecular flexibility index (Phi) is 5.54. The first kappa shape index (κ1) is 25.7. The molecule has 0 bridgehead atoms. The Morgan fingerprint density at radius 2 is 1.35 bits per heavy atom. The lowest BCUT2D eigenvalue weighted by Crippen LogP contribution is -2.33. The number of hydrogen-bond acceptors (Lipinski definition) is 4. The SMILES string of the molecule is c1ccc(C2Nc3sc4cc(-c5ccccn5)ccc4c3NC2n2c3cc4ccccc4cc3c3ccc4ccccc4c32)cc1. The maximum atomic E-state index is 4.61. The van der Waals surface area contributed by atoms with Crippen LogP contribution in [0.25, 0.3) is 64.7 Å². The van der Waals surface area contributed by atoms with Crippen LogP contribution in [0.5, 0.6) is 0 Å². The summed E-state index contributed by atoms with van der Waals surface area (Å²) in [5, 5.41) is 18.1. The summed E-state index contributed by atoms with van der Waals surface area (Å²) in [7, 11) is 0. The molecule has 1 aliphatic heterocycles. The van der Waals surface area contributed by atoms with Crippen LogP contribution in [-0.2, 0) is 0 Å². The topological polar surface area (TPSA) is 41.9 Å². The van der Waals surface area contributed by atoms with Gasteiger partial charge in [0.25, 0.3) is 0 Å². The molecule has 0 saturated heterocycles. The van der Waals surface area contributed by atoms with Gasteiger partial charge >= 0.3 is 0 Å². The average Bonchev–Trinajstić information content (AvgIpc) is 3.65. The molecule has 1 aliphatic rings. The van der Waals surface area contributed by atoms with Crippen LogP contribution in [0, 0.1) is 0 Å². The highest BCUT2D eigenvalue weighted by Gasteiger charge is 2.35. The number of rotatable bonds is 3. The Bertz CT molecular complexity index is 2600. The van der Waals surface area contributed by atoms with E-state index in [0.717, 1.165) is 21.9 Å². The Morgan fingerprint density at radius 3 is 2.20 bits per heavy atom. The molecule has 0 amide bonds. The number of benzene rings is 6. The Hall–Kier alpha value is -5.65. The van der Waals surface area contributed by atoms with Crippen LogP contribution in [0.2, 0.25) is 0 Å². The number of nitrogens with one attached hydrogen (secondary N) is 2. The molecule has 9 aromatic rings. The minimum atomic E-state index is -0.102. The number of hydrogen-bond donors (Lipinski definition) is 2. The zero-order valence-electron chi connectivity index (χ0n) is 24.8. The quantitative estimate of drug-likeness (QED) is 0.210. The molecule has 2 N–H and O–H groups in total. The van der Waals surface area contributed by atoms with Gasteiger partial charge < -0.3 is 15.2 Å². The second-order valence-corrected chi connectivity index (χ2v) is 13.2. The highest BCUT2D eigenvalue weighted by Crippen LogP contribution is 2.51. The second kappa shape index (κ2) is 9.93. The van der Waals surface area contributed by atoms with Crippen molar-refractivity contribution in [1.82, 2.24) is 9.55 Å². The zero-order chi connectivity index (χ0) is 30.2. The van der Waals surface area contributed by atoms with Crippen LogP contribution in [-0.4, -0.2) is 9.55 Å². The van der Waals surface area contributed by atoms with Gasteiger partial charge in [-0.1, -0.05) is 109 Å². The molecule has 2 unspecified atom stereocenters. The number of fused-ring (bicyclic) bond motifs is 9. The maximum absolute atomic E-state index is 4.61. The van der Waals surface area contributed by atoms with Crippen LogP contribution >= 0.6 is 11.3 Å². The second-order valence-electron chi connectivity index (χ2n) is 12.1. The van der Waals surface area contributed by atoms with Gasteiger partial charge in [0.2, 0.25) is 0 Å². The number of pyridine rings is 1. The maximum Gasteiger partial charge on any atom is 0.129 e. The van der Waals surface area contributed by atoms with E-state index in [-0.39, 0.29) is 12.2 Å². The summed E-state index contributed by atoms with van der Waals surface area (Å²) < 4.78 is 3.80. The number of nitrogens with zero attached hydrogens (tertiary/aromatic N) is 2. The van der Waals surface area contributed by atoms with Crippen LogP contribution in [0.1, 0.15) is 17.8 Å². The summed E-state index contributed by atoms with van der Waals surface area (Å²) >= 11 is 1.81. The van der Waals surface area contributed by atoms with Gasteiger partial charge in [0.15, 0.2) is 0 Å². The van der Waals surface area contributed by atoms with Crippen molar-refractivity contribution in [2.24, 2.45) is 0 Å². The third-order valence-corrected chi connectivity index (χ3v) is 10.6. The first-order chi connectivity index (χ1) is 22.8. The molecule has 0 fully saturated rings. The molecule has 0 aliphatic carbocycles. The van der Waals surface area contributed by atoms with E-state index < -0.39 is 0 Å². The normalized spacial score (nSPS) is 16.2. The van der Waals surface area contributed by atoms with Crippen molar-refractivity contribution < 1.29 is 0 Å². The van der Waals surface area contributed by atoms with E-state index in [0.29, 0.717) is 0 Å². The van der Waals surface area contributed by atoms with Crippen molar-refractivity contribution in [3.63, 3.8) is 0 Å². The van der Waals surface area contributed by atoms with Gasteiger partial charge in [-0.15, -0.1) is 11.3 Å². The fourth-order valence-electron chi connectivity index (χ4n) is 7.41. The number of aromatic nitrogens is 2. The summed E-state index contributed by atoms with van der Waals surface area (Å²) in [5.74, 6) is 0. The Labute approximate surface area is 269 Å².